The van der Waals surface area contributed by atoms with E-state index in [2.05, 4.69) is 0 Å². The van der Waals surface area contributed by atoms with Gasteiger partial charge in [0.1, 0.15) is 0 Å². The van der Waals surface area contributed by atoms with E-state index >= 15 is 0 Å². The highest BCUT2D eigenvalue weighted by Crippen LogP contribution is 2.12. The van der Waals surface area contributed by atoms with Gasteiger partial charge in [0.15, 0.2) is 0 Å². The number of carbonyl (C=O) groups excluding carboxylic acids is 1. The maximum Gasteiger partial charge on any atom is 0.303 e. The first kappa shape index (κ1) is 16.0. The van der Waals surface area contributed by atoms with Gasteiger partial charge in [-0.3, -0.25) is 14.5 Å². The lowest BCUT2D eigenvalue weighted by Gasteiger charge is -2.29. The molecule has 110 valence electrons. The SMILES string of the molecule is CC(C(=O)N1CCCCCC1)N(C)CCCC(=O)O. The fraction of sp³-hybridized carbons (Fsp3) is 0.857. The number of carbonyl (C=O) groups is 2. The number of carboxylic acids is 1. The molecule has 1 fully saturated rings. The van der Waals surface area contributed by atoms with Crippen molar-refractivity contribution in [3.63, 3.8) is 0 Å². The third-order valence-corrected chi connectivity index (χ3v) is 3.84. The molecule has 0 aromatic carbocycles. The summed E-state index contributed by atoms with van der Waals surface area (Å²) in [6.07, 6.45) is 5.38. The van der Waals surface area contributed by atoms with Crippen molar-refractivity contribution in [2.45, 2.75) is 51.5 Å². The first-order valence-corrected chi connectivity index (χ1v) is 7.23. The molecule has 0 aliphatic carbocycles. The minimum absolute atomic E-state index is 0.160. The van der Waals surface area contributed by atoms with E-state index < -0.39 is 5.97 Å². The van der Waals surface area contributed by atoms with E-state index in [1.54, 1.807) is 0 Å². The lowest BCUT2D eigenvalue weighted by molar-refractivity contribution is -0.137. The van der Waals surface area contributed by atoms with E-state index in [0.29, 0.717) is 13.0 Å². The Kier molecular flexibility index (Phi) is 6.84. The largest absolute Gasteiger partial charge is 0.481 e. The number of likely N-dealkylation sites (N-methyl/N-ethyl adjacent to an activating group) is 1. The van der Waals surface area contributed by atoms with Gasteiger partial charge in [-0.2, -0.15) is 0 Å². The molecule has 19 heavy (non-hydrogen) atoms. The summed E-state index contributed by atoms with van der Waals surface area (Å²) in [7, 11) is 1.89. The normalized spacial score (nSPS) is 18.2. The number of rotatable bonds is 6. The Morgan fingerprint density at radius 3 is 2.32 bits per heavy atom. The Labute approximate surface area is 115 Å². The molecule has 0 spiro atoms. The molecular weight excluding hydrogens is 244 g/mol. The van der Waals surface area contributed by atoms with Gasteiger partial charge < -0.3 is 10.0 Å². The number of likely N-dealkylation sites (tertiary alicyclic amines) is 1. The number of hydrogen-bond donors (Lipinski definition) is 1. The standard InChI is InChI=1S/C14H26N2O3/c1-12(15(2)9-7-8-13(17)18)14(19)16-10-5-3-4-6-11-16/h12H,3-11H2,1-2H3,(H,17,18). The highest BCUT2D eigenvalue weighted by Gasteiger charge is 2.24. The average Bonchev–Trinajstić information content (AvgIpc) is 2.65. The van der Waals surface area contributed by atoms with Crippen molar-refractivity contribution >= 4 is 11.9 Å². The molecule has 1 unspecified atom stereocenters. The van der Waals surface area contributed by atoms with Gasteiger partial charge in [0.2, 0.25) is 5.91 Å². The van der Waals surface area contributed by atoms with Crippen molar-refractivity contribution in [2.75, 3.05) is 26.7 Å². The Morgan fingerprint density at radius 1 is 1.21 bits per heavy atom. The zero-order valence-corrected chi connectivity index (χ0v) is 12.1. The third kappa shape index (κ3) is 5.59. The molecule has 1 N–H and O–H groups in total. The number of nitrogens with zero attached hydrogens (tertiary/aromatic N) is 2. The zero-order chi connectivity index (χ0) is 14.3. The highest BCUT2D eigenvalue weighted by molar-refractivity contribution is 5.81. The fourth-order valence-electron chi connectivity index (χ4n) is 2.42. The van der Waals surface area contributed by atoms with E-state index in [9.17, 15) is 9.59 Å². The minimum Gasteiger partial charge on any atom is -0.481 e. The van der Waals surface area contributed by atoms with E-state index in [1.807, 2.05) is 23.8 Å². The molecule has 1 saturated heterocycles. The van der Waals surface area contributed by atoms with Gasteiger partial charge in [-0.15, -0.1) is 0 Å². The van der Waals surface area contributed by atoms with Crippen LogP contribution < -0.4 is 0 Å². The first-order chi connectivity index (χ1) is 9.02. The average molecular weight is 270 g/mol. The maximum atomic E-state index is 12.4. The van der Waals surface area contributed by atoms with Crippen LogP contribution in [0.4, 0.5) is 0 Å². The van der Waals surface area contributed by atoms with Crippen LogP contribution in [0.25, 0.3) is 0 Å². The zero-order valence-electron chi connectivity index (χ0n) is 12.1. The Hall–Kier alpha value is -1.10. The van der Waals surface area contributed by atoms with E-state index in [0.717, 1.165) is 25.9 Å². The van der Waals surface area contributed by atoms with Gasteiger partial charge >= 0.3 is 5.97 Å². The van der Waals surface area contributed by atoms with Crippen LogP contribution in [-0.2, 0) is 9.59 Å². The molecular formula is C14H26N2O3. The maximum absolute atomic E-state index is 12.4. The fourth-order valence-corrected chi connectivity index (χ4v) is 2.42. The Morgan fingerprint density at radius 2 is 1.79 bits per heavy atom. The van der Waals surface area contributed by atoms with Gasteiger partial charge in [0.05, 0.1) is 6.04 Å². The molecule has 0 aromatic heterocycles. The number of carboxylic acid groups (broad SMARTS) is 1. The molecule has 0 aromatic rings. The number of hydrogen-bond acceptors (Lipinski definition) is 3. The highest BCUT2D eigenvalue weighted by atomic mass is 16.4. The summed E-state index contributed by atoms with van der Waals surface area (Å²) in [6, 6.07) is -0.160. The predicted molar refractivity (Wildman–Crippen MR) is 74.0 cm³/mol. The number of amides is 1. The van der Waals surface area contributed by atoms with E-state index in [4.69, 9.17) is 5.11 Å². The summed E-state index contributed by atoms with van der Waals surface area (Å²) in [5, 5.41) is 8.62. The van der Waals surface area contributed by atoms with Crippen molar-refractivity contribution in [1.82, 2.24) is 9.80 Å². The molecule has 1 aliphatic heterocycles. The molecule has 5 nitrogen and oxygen atoms in total. The molecule has 1 aliphatic rings. The summed E-state index contributed by atoms with van der Waals surface area (Å²) < 4.78 is 0. The predicted octanol–water partition coefficient (Wildman–Crippen LogP) is 1.57. The van der Waals surface area contributed by atoms with Crippen LogP contribution in [0.2, 0.25) is 0 Å². The van der Waals surface area contributed by atoms with Gasteiger partial charge in [0, 0.05) is 19.5 Å². The van der Waals surface area contributed by atoms with Crippen LogP contribution in [0.1, 0.15) is 45.4 Å². The van der Waals surface area contributed by atoms with Crippen molar-refractivity contribution < 1.29 is 14.7 Å². The molecule has 5 heteroatoms. The summed E-state index contributed by atoms with van der Waals surface area (Å²) in [5.41, 5.74) is 0. The molecule has 0 radical (unpaired) electrons. The molecule has 1 amide bonds. The lowest BCUT2D eigenvalue weighted by Crippen LogP contribution is -2.46. The van der Waals surface area contributed by atoms with E-state index in [-0.39, 0.29) is 18.4 Å². The van der Waals surface area contributed by atoms with E-state index in [1.165, 1.54) is 12.8 Å². The minimum atomic E-state index is -0.778. The molecule has 0 saturated carbocycles. The summed E-state index contributed by atoms with van der Waals surface area (Å²) >= 11 is 0. The van der Waals surface area contributed by atoms with Gasteiger partial charge in [-0.05, 0) is 39.8 Å². The Bertz CT molecular complexity index is 299. The summed E-state index contributed by atoms with van der Waals surface area (Å²) in [4.78, 5) is 26.8. The summed E-state index contributed by atoms with van der Waals surface area (Å²) in [5.74, 6) is -0.598. The monoisotopic (exact) mass is 270 g/mol. The summed E-state index contributed by atoms with van der Waals surface area (Å²) in [6.45, 7) is 4.29. The Balaban J connectivity index is 2.38. The van der Waals surface area contributed by atoms with Crippen LogP contribution in [0, 0.1) is 0 Å². The quantitative estimate of drug-likeness (QED) is 0.796. The van der Waals surface area contributed by atoms with Crippen molar-refractivity contribution in [3.8, 4) is 0 Å². The second-order valence-corrected chi connectivity index (χ2v) is 5.39. The molecule has 1 heterocycles. The van der Waals surface area contributed by atoms with Crippen molar-refractivity contribution in [3.05, 3.63) is 0 Å². The topological polar surface area (TPSA) is 60.9 Å². The molecule has 1 rings (SSSR count). The third-order valence-electron chi connectivity index (χ3n) is 3.84. The van der Waals surface area contributed by atoms with Crippen molar-refractivity contribution in [1.29, 1.82) is 0 Å². The van der Waals surface area contributed by atoms with Crippen LogP contribution in [0.15, 0.2) is 0 Å². The second kappa shape index (κ2) is 8.15. The van der Waals surface area contributed by atoms with Crippen LogP contribution in [0.3, 0.4) is 0 Å². The van der Waals surface area contributed by atoms with Crippen LogP contribution in [0.5, 0.6) is 0 Å². The smallest absolute Gasteiger partial charge is 0.303 e. The molecule has 1 atom stereocenters. The number of aliphatic carboxylic acids is 1. The van der Waals surface area contributed by atoms with Crippen molar-refractivity contribution in [2.24, 2.45) is 0 Å². The van der Waals surface area contributed by atoms with Gasteiger partial charge in [0.25, 0.3) is 0 Å². The second-order valence-electron chi connectivity index (χ2n) is 5.39. The van der Waals surface area contributed by atoms with Crippen LogP contribution in [-0.4, -0.2) is 59.5 Å². The lowest BCUT2D eigenvalue weighted by atomic mass is 10.2. The molecule has 0 bridgehead atoms. The van der Waals surface area contributed by atoms with Gasteiger partial charge in [-0.25, -0.2) is 0 Å². The van der Waals surface area contributed by atoms with Crippen LogP contribution >= 0.6 is 0 Å². The first-order valence-electron chi connectivity index (χ1n) is 7.23. The van der Waals surface area contributed by atoms with Gasteiger partial charge in [-0.1, -0.05) is 12.8 Å².